The fourth-order valence-corrected chi connectivity index (χ4v) is 2.44. The second kappa shape index (κ2) is 5.83. The first-order valence-corrected chi connectivity index (χ1v) is 6.56. The number of pyridine rings is 1. The van der Waals surface area contributed by atoms with Gasteiger partial charge in [-0.15, -0.1) is 0 Å². The smallest absolute Gasteiger partial charge is 0.144 e. The summed E-state index contributed by atoms with van der Waals surface area (Å²) in [5.74, 6) is 0.752. The molecule has 0 amide bonds. The van der Waals surface area contributed by atoms with E-state index in [1.807, 2.05) is 19.9 Å². The maximum absolute atomic E-state index is 9.23. The third kappa shape index (κ3) is 2.99. The second-order valence-corrected chi connectivity index (χ2v) is 4.94. The number of hydrogen-bond acceptors (Lipinski definition) is 4. The molecular formula is C14H20N4. The lowest BCUT2D eigenvalue weighted by Gasteiger charge is -2.18. The van der Waals surface area contributed by atoms with E-state index in [1.54, 1.807) is 0 Å². The van der Waals surface area contributed by atoms with Gasteiger partial charge < -0.3 is 10.6 Å². The van der Waals surface area contributed by atoms with Crippen LogP contribution in [0.2, 0.25) is 0 Å². The van der Waals surface area contributed by atoms with Gasteiger partial charge in [0.15, 0.2) is 0 Å². The first-order valence-electron chi connectivity index (χ1n) is 6.56. The maximum Gasteiger partial charge on any atom is 0.144 e. The van der Waals surface area contributed by atoms with E-state index in [2.05, 4.69) is 21.7 Å². The van der Waals surface area contributed by atoms with Crippen LogP contribution >= 0.6 is 0 Å². The molecule has 0 spiro atoms. The van der Waals surface area contributed by atoms with Gasteiger partial charge in [0.05, 0.1) is 5.56 Å². The minimum Gasteiger partial charge on any atom is -0.366 e. The summed E-state index contributed by atoms with van der Waals surface area (Å²) in [4.78, 5) is 4.48. The average Bonchev–Trinajstić information content (AvgIpc) is 2.57. The molecule has 1 atom stereocenters. The van der Waals surface area contributed by atoms with Gasteiger partial charge in [-0.05, 0) is 57.8 Å². The highest BCUT2D eigenvalue weighted by atomic mass is 15.0. The van der Waals surface area contributed by atoms with Gasteiger partial charge in [0.1, 0.15) is 11.9 Å². The zero-order chi connectivity index (χ0) is 13.0. The number of nitriles is 1. The summed E-state index contributed by atoms with van der Waals surface area (Å²) < 4.78 is 0. The summed E-state index contributed by atoms with van der Waals surface area (Å²) in [6.07, 6.45) is 3.39. The first kappa shape index (κ1) is 12.8. The summed E-state index contributed by atoms with van der Waals surface area (Å²) in [6.45, 7) is 6.05. The van der Waals surface area contributed by atoms with Gasteiger partial charge in [-0.25, -0.2) is 4.98 Å². The van der Waals surface area contributed by atoms with Gasteiger partial charge in [0, 0.05) is 11.7 Å². The molecule has 1 unspecified atom stereocenters. The van der Waals surface area contributed by atoms with Crippen LogP contribution in [0.4, 0.5) is 5.82 Å². The van der Waals surface area contributed by atoms with Crippen LogP contribution in [0.15, 0.2) is 6.07 Å². The van der Waals surface area contributed by atoms with Crippen LogP contribution < -0.4 is 10.6 Å². The Morgan fingerprint density at radius 1 is 1.39 bits per heavy atom. The molecule has 1 aliphatic heterocycles. The number of hydrogen-bond donors (Lipinski definition) is 2. The average molecular weight is 244 g/mol. The van der Waals surface area contributed by atoms with E-state index in [0.29, 0.717) is 11.6 Å². The van der Waals surface area contributed by atoms with Crippen molar-refractivity contribution >= 4 is 5.82 Å². The first-order chi connectivity index (χ1) is 8.70. The monoisotopic (exact) mass is 244 g/mol. The molecule has 18 heavy (non-hydrogen) atoms. The lowest BCUT2D eigenvalue weighted by molar-refractivity contribution is 0.634. The SMILES string of the molecule is Cc1cc(C)c(C#N)c(NC2CCCNCC2)n1. The molecule has 2 heterocycles. The number of aromatic nitrogens is 1. The van der Waals surface area contributed by atoms with E-state index >= 15 is 0 Å². The predicted octanol–water partition coefficient (Wildman–Crippen LogP) is 2.12. The van der Waals surface area contributed by atoms with E-state index in [4.69, 9.17) is 0 Å². The molecule has 1 saturated heterocycles. The lowest BCUT2D eigenvalue weighted by Crippen LogP contribution is -2.23. The van der Waals surface area contributed by atoms with Crippen molar-refractivity contribution in [2.24, 2.45) is 0 Å². The Kier molecular flexibility index (Phi) is 4.16. The highest BCUT2D eigenvalue weighted by Gasteiger charge is 2.15. The molecule has 1 aromatic rings. The Hall–Kier alpha value is -1.60. The number of aryl methyl sites for hydroxylation is 2. The van der Waals surface area contributed by atoms with Crippen LogP contribution in [0.25, 0.3) is 0 Å². The zero-order valence-corrected chi connectivity index (χ0v) is 11.1. The summed E-state index contributed by atoms with van der Waals surface area (Å²) in [5.41, 5.74) is 2.64. The fourth-order valence-electron chi connectivity index (χ4n) is 2.44. The van der Waals surface area contributed by atoms with E-state index in [9.17, 15) is 5.26 Å². The maximum atomic E-state index is 9.23. The molecule has 4 nitrogen and oxygen atoms in total. The normalized spacial score (nSPS) is 19.9. The van der Waals surface area contributed by atoms with Gasteiger partial charge in [-0.3, -0.25) is 0 Å². The molecule has 0 saturated carbocycles. The predicted molar refractivity (Wildman–Crippen MR) is 72.6 cm³/mol. The fraction of sp³-hybridized carbons (Fsp3) is 0.571. The Morgan fingerprint density at radius 2 is 2.22 bits per heavy atom. The summed E-state index contributed by atoms with van der Waals surface area (Å²) in [5, 5.41) is 16.1. The van der Waals surface area contributed by atoms with Crippen LogP contribution in [0.1, 0.15) is 36.1 Å². The van der Waals surface area contributed by atoms with Crippen LogP contribution in [0, 0.1) is 25.2 Å². The number of nitrogens with zero attached hydrogens (tertiary/aromatic N) is 2. The number of nitrogens with one attached hydrogen (secondary N) is 2. The van der Waals surface area contributed by atoms with Crippen molar-refractivity contribution in [2.75, 3.05) is 18.4 Å². The Bertz CT molecular complexity index is 454. The van der Waals surface area contributed by atoms with Gasteiger partial charge in [-0.1, -0.05) is 0 Å². The van der Waals surface area contributed by atoms with Gasteiger partial charge >= 0.3 is 0 Å². The highest BCUT2D eigenvalue weighted by Crippen LogP contribution is 2.20. The summed E-state index contributed by atoms with van der Waals surface area (Å²) in [6, 6.07) is 4.63. The van der Waals surface area contributed by atoms with Gasteiger partial charge in [0.25, 0.3) is 0 Å². The molecule has 0 aromatic carbocycles. The third-order valence-corrected chi connectivity index (χ3v) is 3.37. The highest BCUT2D eigenvalue weighted by molar-refractivity contribution is 5.56. The Balaban J connectivity index is 2.19. The molecule has 0 bridgehead atoms. The minimum absolute atomic E-state index is 0.417. The van der Waals surface area contributed by atoms with Crippen molar-refractivity contribution in [3.8, 4) is 6.07 Å². The van der Waals surface area contributed by atoms with E-state index in [0.717, 1.165) is 43.0 Å². The molecule has 2 N–H and O–H groups in total. The topological polar surface area (TPSA) is 60.7 Å². The molecule has 2 rings (SSSR count). The van der Waals surface area contributed by atoms with Crippen molar-refractivity contribution in [1.82, 2.24) is 10.3 Å². The Labute approximate surface area is 108 Å². The summed E-state index contributed by atoms with van der Waals surface area (Å²) >= 11 is 0. The standard InChI is InChI=1S/C14H20N4/c1-10-8-11(2)17-14(13(10)9-15)18-12-4-3-6-16-7-5-12/h8,12,16H,3-7H2,1-2H3,(H,17,18). The molecule has 1 fully saturated rings. The molecule has 0 aliphatic carbocycles. The van der Waals surface area contributed by atoms with Crippen LogP contribution in [0.5, 0.6) is 0 Å². The Morgan fingerprint density at radius 3 is 3.00 bits per heavy atom. The minimum atomic E-state index is 0.417. The van der Waals surface area contributed by atoms with E-state index < -0.39 is 0 Å². The lowest BCUT2D eigenvalue weighted by atomic mass is 10.1. The van der Waals surface area contributed by atoms with Crippen molar-refractivity contribution < 1.29 is 0 Å². The molecule has 1 aliphatic rings. The van der Waals surface area contributed by atoms with Crippen LogP contribution in [0.3, 0.4) is 0 Å². The molecule has 0 radical (unpaired) electrons. The van der Waals surface area contributed by atoms with Gasteiger partial charge in [0.2, 0.25) is 0 Å². The van der Waals surface area contributed by atoms with Crippen molar-refractivity contribution in [3.05, 3.63) is 22.9 Å². The van der Waals surface area contributed by atoms with Crippen molar-refractivity contribution in [1.29, 1.82) is 5.26 Å². The number of rotatable bonds is 2. The van der Waals surface area contributed by atoms with Crippen LogP contribution in [-0.2, 0) is 0 Å². The largest absolute Gasteiger partial charge is 0.366 e. The van der Waals surface area contributed by atoms with E-state index in [1.165, 1.54) is 6.42 Å². The molecule has 1 aromatic heterocycles. The zero-order valence-electron chi connectivity index (χ0n) is 11.1. The quantitative estimate of drug-likeness (QED) is 0.836. The molecule has 96 valence electrons. The van der Waals surface area contributed by atoms with E-state index in [-0.39, 0.29) is 0 Å². The molecular weight excluding hydrogens is 224 g/mol. The van der Waals surface area contributed by atoms with Crippen LogP contribution in [-0.4, -0.2) is 24.1 Å². The van der Waals surface area contributed by atoms with Gasteiger partial charge in [-0.2, -0.15) is 5.26 Å². The molecule has 4 heteroatoms. The second-order valence-electron chi connectivity index (χ2n) is 4.94. The third-order valence-electron chi connectivity index (χ3n) is 3.37. The van der Waals surface area contributed by atoms with Crippen molar-refractivity contribution in [3.63, 3.8) is 0 Å². The number of anilines is 1. The summed E-state index contributed by atoms with van der Waals surface area (Å²) in [7, 11) is 0. The van der Waals surface area contributed by atoms with Crippen molar-refractivity contribution in [2.45, 2.75) is 39.2 Å².